The molecule has 3 saturated heterocycles. The van der Waals surface area contributed by atoms with Gasteiger partial charge in [0, 0.05) is 25.0 Å². The van der Waals surface area contributed by atoms with Gasteiger partial charge in [0.2, 0.25) is 11.8 Å². The van der Waals surface area contributed by atoms with Crippen molar-refractivity contribution in [3.05, 3.63) is 34.9 Å². The van der Waals surface area contributed by atoms with Gasteiger partial charge in [0.25, 0.3) is 11.8 Å². The average molecular weight is 425 g/mol. The molecule has 0 spiro atoms. The quantitative estimate of drug-likeness (QED) is 0.705. The third-order valence-electron chi connectivity index (χ3n) is 7.15. The number of hydrogen-bond donors (Lipinski definition) is 2. The highest BCUT2D eigenvalue weighted by molar-refractivity contribution is 6.24. The molecule has 4 aliphatic heterocycles. The summed E-state index contributed by atoms with van der Waals surface area (Å²) in [6, 6.07) is 5.39. The Morgan fingerprint density at radius 2 is 1.84 bits per heavy atom. The zero-order chi connectivity index (χ0) is 21.5. The summed E-state index contributed by atoms with van der Waals surface area (Å²) in [5, 5.41) is 5.88. The SMILES string of the molecule is O=C1CCC(N2C(=O)c3cccc(CN4CCCCC4C4CCCN4)c3C2=O)C(=O)N1. The van der Waals surface area contributed by atoms with Crippen LogP contribution >= 0.6 is 0 Å². The lowest BCUT2D eigenvalue weighted by atomic mass is 9.93. The average Bonchev–Trinajstić information content (AvgIpc) is 3.37. The Hall–Kier alpha value is -2.58. The van der Waals surface area contributed by atoms with E-state index < -0.39 is 23.8 Å². The molecule has 0 aliphatic carbocycles. The first kappa shape index (κ1) is 20.3. The standard InChI is InChI=1S/C23H28N4O4/c28-19-10-9-18(21(29)25-19)27-22(30)15-6-3-5-14(20(15)23(27)31)13-26-12-2-1-8-17(26)16-7-4-11-24-16/h3,5-6,16-18,24H,1-2,4,7-13H2,(H,25,28,29). The molecule has 5 rings (SSSR count). The number of rotatable bonds is 4. The van der Waals surface area contributed by atoms with Crippen LogP contribution < -0.4 is 10.6 Å². The first-order valence-electron chi connectivity index (χ1n) is 11.4. The lowest BCUT2D eigenvalue weighted by Gasteiger charge is -2.39. The minimum atomic E-state index is -0.927. The number of amides is 4. The van der Waals surface area contributed by atoms with Crippen LogP contribution in [0, 0.1) is 0 Å². The Balaban J connectivity index is 1.41. The predicted molar refractivity (Wildman–Crippen MR) is 112 cm³/mol. The highest BCUT2D eigenvalue weighted by atomic mass is 16.2. The Bertz CT molecular complexity index is 940. The van der Waals surface area contributed by atoms with Gasteiger partial charge in [0.1, 0.15) is 6.04 Å². The largest absolute Gasteiger partial charge is 0.312 e. The molecule has 4 aliphatic rings. The van der Waals surface area contributed by atoms with Gasteiger partial charge in [-0.1, -0.05) is 18.6 Å². The maximum Gasteiger partial charge on any atom is 0.262 e. The molecular formula is C23H28N4O4. The van der Waals surface area contributed by atoms with Crippen LogP contribution in [0.25, 0.3) is 0 Å². The number of fused-ring (bicyclic) bond motifs is 1. The Morgan fingerprint density at radius 1 is 0.968 bits per heavy atom. The van der Waals surface area contributed by atoms with Crippen molar-refractivity contribution in [2.45, 2.75) is 69.6 Å². The van der Waals surface area contributed by atoms with E-state index in [0.29, 0.717) is 29.8 Å². The van der Waals surface area contributed by atoms with Gasteiger partial charge >= 0.3 is 0 Å². The third kappa shape index (κ3) is 3.57. The van der Waals surface area contributed by atoms with Crippen molar-refractivity contribution in [2.24, 2.45) is 0 Å². The number of piperidine rings is 2. The number of hydrogen-bond acceptors (Lipinski definition) is 6. The fourth-order valence-corrected chi connectivity index (χ4v) is 5.64. The van der Waals surface area contributed by atoms with Gasteiger partial charge in [-0.2, -0.15) is 0 Å². The molecule has 1 aromatic rings. The van der Waals surface area contributed by atoms with Gasteiger partial charge in [-0.25, -0.2) is 0 Å². The number of carbonyl (C=O) groups is 4. The second-order valence-corrected chi connectivity index (χ2v) is 9.02. The van der Waals surface area contributed by atoms with Gasteiger partial charge in [0.05, 0.1) is 11.1 Å². The van der Waals surface area contributed by atoms with Crippen molar-refractivity contribution in [3.63, 3.8) is 0 Å². The Labute approximate surface area is 181 Å². The van der Waals surface area contributed by atoms with Gasteiger partial charge in [0.15, 0.2) is 0 Å². The van der Waals surface area contributed by atoms with Crippen LogP contribution in [0.1, 0.15) is 71.2 Å². The highest BCUT2D eigenvalue weighted by Crippen LogP contribution is 2.32. The topological polar surface area (TPSA) is 98.8 Å². The minimum Gasteiger partial charge on any atom is -0.312 e. The first-order chi connectivity index (χ1) is 15.0. The molecule has 3 unspecified atom stereocenters. The van der Waals surface area contributed by atoms with Crippen molar-refractivity contribution in [3.8, 4) is 0 Å². The van der Waals surface area contributed by atoms with Crippen molar-refractivity contribution in [1.82, 2.24) is 20.4 Å². The monoisotopic (exact) mass is 424 g/mol. The molecule has 4 heterocycles. The number of benzene rings is 1. The lowest BCUT2D eigenvalue weighted by Crippen LogP contribution is -2.54. The summed E-state index contributed by atoms with van der Waals surface area (Å²) in [7, 11) is 0. The van der Waals surface area contributed by atoms with Gasteiger partial charge < -0.3 is 5.32 Å². The molecule has 2 N–H and O–H groups in total. The molecule has 4 amide bonds. The number of imide groups is 2. The molecule has 164 valence electrons. The molecule has 3 atom stereocenters. The van der Waals surface area contributed by atoms with E-state index in [1.165, 1.54) is 19.3 Å². The van der Waals surface area contributed by atoms with Crippen LogP contribution in [-0.2, 0) is 16.1 Å². The van der Waals surface area contributed by atoms with Crippen LogP contribution in [0.4, 0.5) is 0 Å². The van der Waals surface area contributed by atoms with Crippen molar-refractivity contribution in [2.75, 3.05) is 13.1 Å². The van der Waals surface area contributed by atoms with Gasteiger partial charge in [-0.05, 0) is 56.8 Å². The molecule has 1 aromatic carbocycles. The van der Waals surface area contributed by atoms with Crippen LogP contribution in [0.3, 0.4) is 0 Å². The fourth-order valence-electron chi connectivity index (χ4n) is 5.64. The fraction of sp³-hybridized carbons (Fsp3) is 0.565. The third-order valence-corrected chi connectivity index (χ3v) is 7.15. The zero-order valence-corrected chi connectivity index (χ0v) is 17.6. The van der Waals surface area contributed by atoms with Crippen LogP contribution in [0.15, 0.2) is 18.2 Å². The van der Waals surface area contributed by atoms with E-state index in [2.05, 4.69) is 15.5 Å². The smallest absolute Gasteiger partial charge is 0.262 e. The predicted octanol–water partition coefficient (Wildman–Crippen LogP) is 1.19. The van der Waals surface area contributed by atoms with Gasteiger partial charge in [-0.3, -0.25) is 34.3 Å². The first-order valence-corrected chi connectivity index (χ1v) is 11.4. The van der Waals surface area contributed by atoms with Crippen molar-refractivity contribution < 1.29 is 19.2 Å². The molecule has 0 aromatic heterocycles. The summed E-state index contributed by atoms with van der Waals surface area (Å²) >= 11 is 0. The zero-order valence-electron chi connectivity index (χ0n) is 17.6. The van der Waals surface area contributed by atoms with E-state index in [4.69, 9.17) is 0 Å². The van der Waals surface area contributed by atoms with E-state index in [9.17, 15) is 19.2 Å². The Morgan fingerprint density at radius 3 is 2.61 bits per heavy atom. The molecule has 0 radical (unpaired) electrons. The molecule has 0 bridgehead atoms. The number of nitrogens with zero attached hydrogens (tertiary/aromatic N) is 2. The maximum atomic E-state index is 13.3. The van der Waals surface area contributed by atoms with Gasteiger partial charge in [-0.15, -0.1) is 0 Å². The molecule has 31 heavy (non-hydrogen) atoms. The minimum absolute atomic E-state index is 0.126. The van der Waals surface area contributed by atoms with E-state index in [1.54, 1.807) is 6.07 Å². The summed E-state index contributed by atoms with van der Waals surface area (Å²) in [5.41, 5.74) is 1.62. The number of likely N-dealkylation sites (tertiary alicyclic amines) is 1. The van der Waals surface area contributed by atoms with Crippen molar-refractivity contribution >= 4 is 23.6 Å². The van der Waals surface area contributed by atoms with E-state index in [1.807, 2.05) is 12.1 Å². The molecule has 3 fully saturated rings. The van der Waals surface area contributed by atoms with Crippen LogP contribution in [-0.4, -0.2) is 64.6 Å². The van der Waals surface area contributed by atoms with E-state index >= 15 is 0 Å². The summed E-state index contributed by atoms with van der Waals surface area (Å²) in [6.45, 7) is 2.66. The van der Waals surface area contributed by atoms with Crippen LogP contribution in [0.5, 0.6) is 0 Å². The lowest BCUT2D eigenvalue weighted by molar-refractivity contribution is -0.136. The summed E-state index contributed by atoms with van der Waals surface area (Å²) in [6.07, 6.45) is 6.16. The maximum absolute atomic E-state index is 13.3. The number of carbonyl (C=O) groups excluding carboxylic acids is 4. The summed E-state index contributed by atoms with van der Waals surface area (Å²) in [5.74, 6) is -1.80. The molecule has 8 heteroatoms. The molecular weight excluding hydrogens is 396 g/mol. The second-order valence-electron chi connectivity index (χ2n) is 9.02. The second kappa shape index (κ2) is 8.16. The summed E-state index contributed by atoms with van der Waals surface area (Å²) in [4.78, 5) is 53.8. The highest BCUT2D eigenvalue weighted by Gasteiger charge is 2.45. The summed E-state index contributed by atoms with van der Waals surface area (Å²) < 4.78 is 0. The van der Waals surface area contributed by atoms with Crippen LogP contribution in [0.2, 0.25) is 0 Å². The van der Waals surface area contributed by atoms with E-state index in [0.717, 1.165) is 36.4 Å². The van der Waals surface area contributed by atoms with Crippen molar-refractivity contribution in [1.29, 1.82) is 0 Å². The molecule has 0 saturated carbocycles. The van der Waals surface area contributed by atoms with E-state index in [-0.39, 0.29) is 18.7 Å². The molecule has 8 nitrogen and oxygen atoms in total. The Kier molecular flexibility index (Phi) is 5.35. The number of nitrogens with one attached hydrogen (secondary N) is 2. The normalized spacial score (nSPS) is 29.4.